The second-order valence-corrected chi connectivity index (χ2v) is 9.20. The van der Waals surface area contributed by atoms with E-state index in [2.05, 4.69) is 0 Å². The average Bonchev–Trinajstić information content (AvgIpc) is 3.06. The molecule has 1 saturated heterocycles. The van der Waals surface area contributed by atoms with Crippen molar-refractivity contribution >= 4 is 17.9 Å². The minimum Gasteiger partial charge on any atom is -0.458 e. The summed E-state index contributed by atoms with van der Waals surface area (Å²) in [6, 6.07) is 0. The minimum absolute atomic E-state index is 0.0545. The van der Waals surface area contributed by atoms with E-state index in [1.807, 2.05) is 13.8 Å². The molecule has 3 aliphatic rings. The number of carbonyl (C=O) groups excluding carboxylic acids is 3. The first kappa shape index (κ1) is 18.2. The highest BCUT2D eigenvalue weighted by molar-refractivity contribution is 5.85. The maximum absolute atomic E-state index is 12.7. The summed E-state index contributed by atoms with van der Waals surface area (Å²) in [6.45, 7) is 10.6. The predicted molar refractivity (Wildman–Crippen MR) is 88.3 cm³/mol. The van der Waals surface area contributed by atoms with E-state index in [1.165, 1.54) is 13.8 Å². The molecule has 140 valence electrons. The summed E-state index contributed by atoms with van der Waals surface area (Å²) < 4.78 is 16.7. The standard InChI is InChI=1S/C19H28O6/c1-7-17(2,3)15(21)25-18(4,5)16(22)24-13-12-10-8-19(13,6)9-11(10)14(20)23-12/h10-13H,7-9H2,1-6H3. The highest BCUT2D eigenvalue weighted by Crippen LogP contribution is 2.62. The van der Waals surface area contributed by atoms with E-state index >= 15 is 0 Å². The highest BCUT2D eigenvalue weighted by atomic mass is 16.6. The number of hydrogen-bond acceptors (Lipinski definition) is 6. The third-order valence-corrected chi connectivity index (χ3v) is 6.38. The third-order valence-electron chi connectivity index (χ3n) is 6.38. The number of esters is 3. The molecule has 2 bridgehead atoms. The van der Waals surface area contributed by atoms with Crippen LogP contribution in [0.2, 0.25) is 0 Å². The van der Waals surface area contributed by atoms with Gasteiger partial charge < -0.3 is 14.2 Å². The van der Waals surface area contributed by atoms with Crippen LogP contribution in [0.4, 0.5) is 0 Å². The first-order chi connectivity index (χ1) is 11.4. The van der Waals surface area contributed by atoms with Gasteiger partial charge in [-0.15, -0.1) is 0 Å². The zero-order valence-corrected chi connectivity index (χ0v) is 15.9. The van der Waals surface area contributed by atoms with Crippen LogP contribution in [0.15, 0.2) is 0 Å². The Kier molecular flexibility index (Phi) is 3.97. The van der Waals surface area contributed by atoms with Crippen molar-refractivity contribution in [2.75, 3.05) is 0 Å². The van der Waals surface area contributed by atoms with Gasteiger partial charge in [-0.3, -0.25) is 9.59 Å². The molecule has 0 N–H and O–H groups in total. The average molecular weight is 352 g/mol. The molecule has 3 fully saturated rings. The fraction of sp³-hybridized carbons (Fsp3) is 0.842. The molecule has 5 atom stereocenters. The molecule has 0 radical (unpaired) electrons. The van der Waals surface area contributed by atoms with Crippen molar-refractivity contribution in [1.82, 2.24) is 0 Å². The molecule has 2 saturated carbocycles. The molecule has 0 aromatic heterocycles. The molecule has 1 heterocycles. The van der Waals surface area contributed by atoms with Crippen LogP contribution in [0.3, 0.4) is 0 Å². The summed E-state index contributed by atoms with van der Waals surface area (Å²) in [7, 11) is 0. The Balaban J connectivity index is 1.70. The highest BCUT2D eigenvalue weighted by Gasteiger charge is 2.69. The molecule has 5 unspecified atom stereocenters. The first-order valence-electron chi connectivity index (χ1n) is 9.06. The van der Waals surface area contributed by atoms with E-state index in [9.17, 15) is 14.4 Å². The second-order valence-electron chi connectivity index (χ2n) is 9.20. The molecule has 6 nitrogen and oxygen atoms in total. The van der Waals surface area contributed by atoms with Crippen LogP contribution in [0.5, 0.6) is 0 Å². The molecule has 0 spiro atoms. The Morgan fingerprint density at radius 1 is 1.20 bits per heavy atom. The van der Waals surface area contributed by atoms with Crippen molar-refractivity contribution in [1.29, 1.82) is 0 Å². The summed E-state index contributed by atoms with van der Waals surface area (Å²) in [5, 5.41) is 0. The van der Waals surface area contributed by atoms with E-state index in [-0.39, 0.29) is 29.3 Å². The lowest BCUT2D eigenvalue weighted by molar-refractivity contribution is -0.195. The van der Waals surface area contributed by atoms with Gasteiger partial charge in [-0.2, -0.15) is 0 Å². The Morgan fingerprint density at radius 3 is 2.44 bits per heavy atom. The van der Waals surface area contributed by atoms with Gasteiger partial charge in [0.15, 0.2) is 0 Å². The SMILES string of the molecule is CCC(C)(C)C(=O)OC(C)(C)C(=O)OC1C2OC(=O)C3CC1(C)CC32. The van der Waals surface area contributed by atoms with Crippen molar-refractivity contribution in [3.8, 4) is 0 Å². The molecular formula is C19H28O6. The van der Waals surface area contributed by atoms with E-state index in [0.717, 1.165) is 6.42 Å². The summed E-state index contributed by atoms with van der Waals surface area (Å²) in [5.74, 6) is -1.11. The van der Waals surface area contributed by atoms with Crippen LogP contribution >= 0.6 is 0 Å². The monoisotopic (exact) mass is 352 g/mol. The summed E-state index contributed by atoms with van der Waals surface area (Å²) in [4.78, 5) is 36.9. The van der Waals surface area contributed by atoms with Crippen LogP contribution in [0, 0.1) is 22.7 Å². The first-order valence-corrected chi connectivity index (χ1v) is 9.06. The fourth-order valence-corrected chi connectivity index (χ4v) is 4.27. The van der Waals surface area contributed by atoms with Gasteiger partial charge in [0.1, 0.15) is 12.2 Å². The lowest BCUT2D eigenvalue weighted by Gasteiger charge is -2.35. The van der Waals surface area contributed by atoms with Crippen molar-refractivity contribution in [2.24, 2.45) is 22.7 Å². The van der Waals surface area contributed by atoms with Gasteiger partial charge in [0.2, 0.25) is 5.60 Å². The largest absolute Gasteiger partial charge is 0.458 e. The van der Waals surface area contributed by atoms with Crippen molar-refractivity contribution in [3.63, 3.8) is 0 Å². The molecule has 0 aromatic carbocycles. The smallest absolute Gasteiger partial charge is 0.350 e. The lowest BCUT2D eigenvalue weighted by Crippen LogP contribution is -2.48. The van der Waals surface area contributed by atoms with Gasteiger partial charge in [-0.25, -0.2) is 4.79 Å². The molecule has 0 aromatic rings. The van der Waals surface area contributed by atoms with Crippen LogP contribution in [-0.2, 0) is 28.6 Å². The summed E-state index contributed by atoms with van der Waals surface area (Å²) in [5.41, 5.74) is -2.29. The number of rotatable bonds is 5. The van der Waals surface area contributed by atoms with Crippen LogP contribution in [0.25, 0.3) is 0 Å². The maximum Gasteiger partial charge on any atom is 0.350 e. The molecule has 2 aliphatic carbocycles. The Morgan fingerprint density at radius 2 is 1.84 bits per heavy atom. The third kappa shape index (κ3) is 2.74. The van der Waals surface area contributed by atoms with E-state index in [4.69, 9.17) is 14.2 Å². The van der Waals surface area contributed by atoms with Crippen molar-refractivity contribution in [3.05, 3.63) is 0 Å². The van der Waals surface area contributed by atoms with Crippen LogP contribution in [-0.4, -0.2) is 35.7 Å². The van der Waals surface area contributed by atoms with E-state index in [1.54, 1.807) is 13.8 Å². The van der Waals surface area contributed by atoms with Gasteiger partial charge in [-0.1, -0.05) is 13.8 Å². The maximum atomic E-state index is 12.7. The van der Waals surface area contributed by atoms with Crippen molar-refractivity contribution < 1.29 is 28.6 Å². The fourth-order valence-electron chi connectivity index (χ4n) is 4.27. The normalized spacial score (nSPS) is 36.3. The van der Waals surface area contributed by atoms with E-state index < -0.39 is 29.1 Å². The molecule has 1 aliphatic heterocycles. The number of ether oxygens (including phenoxy) is 3. The summed E-state index contributed by atoms with van der Waals surface area (Å²) in [6.07, 6.45) is 1.30. The zero-order valence-electron chi connectivity index (χ0n) is 15.9. The van der Waals surface area contributed by atoms with Gasteiger partial charge in [0.05, 0.1) is 11.3 Å². The van der Waals surface area contributed by atoms with E-state index in [0.29, 0.717) is 12.8 Å². The number of carbonyl (C=O) groups is 3. The predicted octanol–water partition coefficient (Wildman–Crippen LogP) is 2.63. The van der Waals surface area contributed by atoms with Gasteiger partial charge in [-0.05, 0) is 47.0 Å². The summed E-state index contributed by atoms with van der Waals surface area (Å²) >= 11 is 0. The second kappa shape index (κ2) is 5.45. The molecule has 25 heavy (non-hydrogen) atoms. The van der Waals surface area contributed by atoms with Crippen LogP contribution < -0.4 is 0 Å². The molecule has 0 amide bonds. The Labute approximate surface area is 148 Å². The lowest BCUT2D eigenvalue weighted by atomic mass is 9.79. The molecular weight excluding hydrogens is 324 g/mol. The Hall–Kier alpha value is -1.59. The quantitative estimate of drug-likeness (QED) is 0.559. The van der Waals surface area contributed by atoms with Gasteiger partial charge >= 0.3 is 17.9 Å². The van der Waals surface area contributed by atoms with Crippen LogP contribution in [0.1, 0.15) is 60.8 Å². The Bertz CT molecular complexity index is 621. The number of hydrogen-bond donors (Lipinski definition) is 0. The zero-order chi connectivity index (χ0) is 18.8. The van der Waals surface area contributed by atoms with Crippen molar-refractivity contribution in [2.45, 2.75) is 78.6 Å². The minimum atomic E-state index is -1.39. The topological polar surface area (TPSA) is 78.9 Å². The molecule has 6 heteroatoms. The van der Waals surface area contributed by atoms with Gasteiger partial charge in [0, 0.05) is 11.3 Å². The van der Waals surface area contributed by atoms with Gasteiger partial charge in [0.25, 0.3) is 0 Å². The number of fused-ring (bicyclic) bond motifs is 1. The molecule has 3 rings (SSSR count).